The van der Waals surface area contributed by atoms with Crippen LogP contribution in [0, 0.1) is 5.82 Å². The molecule has 0 unspecified atom stereocenters. The molecule has 7 nitrogen and oxygen atoms in total. The van der Waals surface area contributed by atoms with Crippen LogP contribution in [0.15, 0.2) is 26.2 Å². The molecule has 1 atom stereocenters. The topological polar surface area (TPSA) is 118 Å². The van der Waals surface area contributed by atoms with E-state index >= 15 is 0 Å². The van der Waals surface area contributed by atoms with Crippen molar-refractivity contribution in [1.82, 2.24) is 4.98 Å². The Labute approximate surface area is 174 Å². The molecule has 10 heteroatoms. The Morgan fingerprint density at radius 2 is 1.79 bits per heavy atom. The van der Waals surface area contributed by atoms with Gasteiger partial charge >= 0.3 is 6.03 Å². The van der Waals surface area contributed by atoms with Gasteiger partial charge in [-0.1, -0.05) is 27.7 Å². The molecule has 0 aliphatic heterocycles. The number of nitrogens with one attached hydrogen (secondary N) is 1. The van der Waals surface area contributed by atoms with Gasteiger partial charge in [-0.3, -0.25) is 0 Å². The monoisotopic (exact) mass is 442 g/mol. The smallest absolute Gasteiger partial charge is 0.354 e. The molecular weight excluding hydrogens is 415 g/mol. The van der Waals surface area contributed by atoms with Gasteiger partial charge in [0.05, 0.1) is 5.69 Å². The van der Waals surface area contributed by atoms with Crippen LogP contribution in [0.25, 0.3) is 0 Å². The van der Waals surface area contributed by atoms with Crippen molar-refractivity contribution in [2.24, 2.45) is 9.50 Å². The zero-order valence-corrected chi connectivity index (χ0v) is 18.9. The second kappa shape index (κ2) is 8.47. The van der Waals surface area contributed by atoms with Crippen molar-refractivity contribution >= 4 is 33.0 Å². The summed E-state index contributed by atoms with van der Waals surface area (Å²) in [7, 11) is -3.61. The highest BCUT2D eigenvalue weighted by molar-refractivity contribution is 7.93. The maximum atomic E-state index is 14.0. The second-order valence-electron chi connectivity index (χ2n) is 7.92. The van der Waals surface area contributed by atoms with Gasteiger partial charge in [0.1, 0.15) is 11.4 Å². The number of rotatable bonds is 5. The van der Waals surface area contributed by atoms with E-state index in [2.05, 4.69) is 14.7 Å². The molecule has 0 radical (unpaired) electrons. The van der Waals surface area contributed by atoms with Crippen molar-refractivity contribution in [2.75, 3.05) is 5.32 Å². The Balaban J connectivity index is 2.44. The fourth-order valence-corrected chi connectivity index (χ4v) is 4.78. The number of benzene rings is 1. The maximum Gasteiger partial charge on any atom is 0.354 e. The highest BCUT2D eigenvalue weighted by Gasteiger charge is 2.24. The Morgan fingerprint density at radius 3 is 2.21 bits per heavy atom. The molecule has 0 spiro atoms. The molecule has 29 heavy (non-hydrogen) atoms. The second-order valence-corrected chi connectivity index (χ2v) is 10.7. The van der Waals surface area contributed by atoms with Gasteiger partial charge < -0.3 is 10.4 Å². The molecule has 0 saturated carbocycles. The number of aliphatic hydroxyl groups is 1. The first-order valence-corrected chi connectivity index (χ1v) is 11.6. The fraction of sp³-hybridized carbons (Fsp3) is 0.474. The van der Waals surface area contributed by atoms with Gasteiger partial charge in [-0.15, -0.1) is 15.7 Å². The summed E-state index contributed by atoms with van der Waals surface area (Å²) >= 11 is 0.955. The van der Waals surface area contributed by atoms with Crippen LogP contribution in [0.1, 0.15) is 70.2 Å². The van der Waals surface area contributed by atoms with Crippen LogP contribution in [0.3, 0.4) is 0 Å². The van der Waals surface area contributed by atoms with Gasteiger partial charge in [-0.25, -0.2) is 23.5 Å². The fourth-order valence-electron chi connectivity index (χ4n) is 2.67. The molecule has 1 heterocycles. The average molecular weight is 443 g/mol. The summed E-state index contributed by atoms with van der Waals surface area (Å²) in [5.41, 5.74) is 0.711. The first kappa shape index (κ1) is 23.4. The van der Waals surface area contributed by atoms with E-state index in [0.29, 0.717) is 16.8 Å². The van der Waals surface area contributed by atoms with Crippen LogP contribution in [0.2, 0.25) is 0 Å². The normalized spacial score (nSPS) is 14.2. The quantitative estimate of drug-likeness (QED) is 0.622. The highest BCUT2D eigenvalue weighted by atomic mass is 32.2. The Hall–Kier alpha value is -1.88. The summed E-state index contributed by atoms with van der Waals surface area (Å²) in [6, 6.07) is 1.82. The van der Waals surface area contributed by atoms with Crippen molar-refractivity contribution in [3.63, 3.8) is 0 Å². The van der Waals surface area contributed by atoms with Crippen LogP contribution >= 0.6 is 11.3 Å². The van der Waals surface area contributed by atoms with Crippen molar-refractivity contribution in [3.8, 4) is 0 Å². The summed E-state index contributed by atoms with van der Waals surface area (Å²) in [5.74, 6) is -0.514. The largest absolute Gasteiger partial charge is 0.384 e. The van der Waals surface area contributed by atoms with Crippen molar-refractivity contribution in [3.05, 3.63) is 40.2 Å². The number of carbonyl (C=O) groups excluding carboxylic acids is 1. The highest BCUT2D eigenvalue weighted by Crippen LogP contribution is 2.34. The Kier molecular flexibility index (Phi) is 6.83. The Morgan fingerprint density at radius 1 is 1.28 bits per heavy atom. The number of nitrogens with zero attached hydrogens (tertiary/aromatic N) is 2. The predicted molar refractivity (Wildman–Crippen MR) is 114 cm³/mol. The van der Waals surface area contributed by atoms with Crippen LogP contribution in [-0.2, 0) is 15.5 Å². The molecule has 1 aromatic heterocycles. The minimum absolute atomic E-state index is 0.0583. The van der Waals surface area contributed by atoms with E-state index < -0.39 is 27.4 Å². The molecule has 160 valence electrons. The van der Waals surface area contributed by atoms with Crippen LogP contribution in [0.4, 0.5) is 14.9 Å². The first-order chi connectivity index (χ1) is 13.2. The van der Waals surface area contributed by atoms with E-state index in [-0.39, 0.29) is 21.9 Å². The number of nitrogens with two attached hydrogens (primary N) is 1. The lowest BCUT2D eigenvalue weighted by Crippen LogP contribution is -2.20. The number of hydrogen-bond donors (Lipinski definition) is 3. The number of hydrogen-bond acceptors (Lipinski definition) is 5. The van der Waals surface area contributed by atoms with Crippen molar-refractivity contribution in [2.45, 2.75) is 63.3 Å². The number of urea groups is 1. The van der Waals surface area contributed by atoms with Crippen LogP contribution < -0.4 is 10.5 Å². The zero-order chi connectivity index (χ0) is 22.1. The molecule has 0 aliphatic rings. The van der Waals surface area contributed by atoms with Crippen LogP contribution in [0.5, 0.6) is 0 Å². The third kappa shape index (κ3) is 5.59. The standard InChI is InChI=1S/C19H27FN4O3S2/c1-10(2)13-7-12(20)8-14(11(3)4)16(13)23-17(25)24-29(21,27)18-22-15(9-28-18)19(5,6)26/h7-11,26H,1-6H3,(H3,21,23,24,25,27)/t29-/m0/s1. The number of anilines is 1. The van der Waals surface area contributed by atoms with E-state index in [1.54, 1.807) is 0 Å². The lowest BCUT2D eigenvalue weighted by molar-refractivity contribution is 0.0741. The van der Waals surface area contributed by atoms with Gasteiger partial charge in [0, 0.05) is 11.1 Å². The van der Waals surface area contributed by atoms with Gasteiger partial charge in [0.15, 0.2) is 9.92 Å². The van der Waals surface area contributed by atoms with E-state index in [1.807, 2.05) is 27.7 Å². The molecule has 2 aromatic rings. The number of aromatic nitrogens is 1. The van der Waals surface area contributed by atoms with E-state index in [1.165, 1.54) is 31.4 Å². The minimum atomic E-state index is -3.61. The predicted octanol–water partition coefficient (Wildman–Crippen LogP) is 4.69. The van der Waals surface area contributed by atoms with Gasteiger partial charge in [0.2, 0.25) is 4.34 Å². The molecule has 0 bridgehead atoms. The van der Waals surface area contributed by atoms with E-state index in [4.69, 9.17) is 5.14 Å². The SMILES string of the molecule is CC(C)c1cc(F)cc(C(C)C)c1NC(=O)N=[S@](N)(=O)c1nc(C(C)(C)O)cs1. The first-order valence-electron chi connectivity index (χ1n) is 9.10. The Bertz CT molecular complexity index is 1000. The number of carbonyl (C=O) groups is 1. The number of amides is 2. The molecule has 0 saturated heterocycles. The summed E-state index contributed by atoms with van der Waals surface area (Å²) in [4.78, 5) is 16.6. The summed E-state index contributed by atoms with van der Waals surface area (Å²) in [6.45, 7) is 10.6. The van der Waals surface area contributed by atoms with Crippen molar-refractivity contribution in [1.29, 1.82) is 0 Å². The molecule has 0 fully saturated rings. The van der Waals surface area contributed by atoms with E-state index in [9.17, 15) is 18.5 Å². The summed E-state index contributed by atoms with van der Waals surface area (Å²) in [6.07, 6.45) is 0. The van der Waals surface area contributed by atoms with Gasteiger partial charge in [0.25, 0.3) is 0 Å². The molecule has 4 N–H and O–H groups in total. The van der Waals surface area contributed by atoms with Crippen molar-refractivity contribution < 1.29 is 18.5 Å². The van der Waals surface area contributed by atoms with Crippen LogP contribution in [-0.4, -0.2) is 20.3 Å². The molecule has 2 amide bonds. The summed E-state index contributed by atoms with van der Waals surface area (Å²) in [5, 5.41) is 19.9. The lowest BCUT2D eigenvalue weighted by atomic mass is 9.92. The third-order valence-electron chi connectivity index (χ3n) is 4.22. The lowest BCUT2D eigenvalue weighted by Gasteiger charge is -2.19. The van der Waals surface area contributed by atoms with E-state index in [0.717, 1.165) is 11.3 Å². The number of halogens is 1. The molecular formula is C19H27FN4O3S2. The zero-order valence-electron chi connectivity index (χ0n) is 17.3. The third-order valence-corrected chi connectivity index (χ3v) is 6.89. The van der Waals surface area contributed by atoms with Gasteiger partial charge in [-0.05, 0) is 48.9 Å². The van der Waals surface area contributed by atoms with Gasteiger partial charge in [-0.2, -0.15) is 0 Å². The number of thiazole rings is 1. The minimum Gasteiger partial charge on any atom is -0.384 e. The average Bonchev–Trinajstić information content (AvgIpc) is 3.06. The molecule has 1 aromatic carbocycles. The molecule has 0 aliphatic carbocycles. The summed E-state index contributed by atoms with van der Waals surface area (Å²) < 4.78 is 30.4. The maximum absolute atomic E-state index is 14.0. The molecule has 2 rings (SSSR count).